The second kappa shape index (κ2) is 5.93. The van der Waals surface area contributed by atoms with Crippen molar-refractivity contribution in [1.29, 1.82) is 0 Å². The second-order valence-electron chi connectivity index (χ2n) is 5.44. The van der Waals surface area contributed by atoms with E-state index in [9.17, 15) is 4.79 Å². The van der Waals surface area contributed by atoms with Crippen LogP contribution in [-0.4, -0.2) is 26.9 Å². The van der Waals surface area contributed by atoms with Gasteiger partial charge in [-0.2, -0.15) is 0 Å². The van der Waals surface area contributed by atoms with Gasteiger partial charge >= 0.3 is 0 Å². The molecule has 1 amide bonds. The number of aryl methyl sites for hydroxylation is 1. The van der Waals surface area contributed by atoms with E-state index in [4.69, 9.17) is 0 Å². The molecule has 0 N–H and O–H groups in total. The van der Waals surface area contributed by atoms with Crippen LogP contribution in [0.25, 0.3) is 0 Å². The first-order valence-electron chi connectivity index (χ1n) is 7.40. The molecular weight excluding hydrogens is 282 g/mol. The minimum atomic E-state index is 0.0791. The molecule has 1 aromatic heterocycles. The van der Waals surface area contributed by atoms with Crippen molar-refractivity contribution >= 4 is 17.4 Å². The zero-order chi connectivity index (χ0) is 14.8. The topological polar surface area (TPSA) is 46.1 Å². The van der Waals surface area contributed by atoms with Crippen LogP contribution in [0.2, 0.25) is 0 Å². The van der Waals surface area contributed by atoms with Gasteiger partial charge < -0.3 is 4.90 Å². The standard InChI is InChI=1S/C16H19N3OS/c1-3-6-14-13-8-5-4-7-12(13)9-10-19(14)16(20)15-11(2)17-18-21-15/h4-5,7-8,14H,3,6,9-10H2,1-2H3/t14-/m0/s1. The minimum Gasteiger partial charge on any atom is -0.330 e. The Morgan fingerprint density at radius 3 is 2.95 bits per heavy atom. The Morgan fingerprint density at radius 2 is 2.24 bits per heavy atom. The van der Waals surface area contributed by atoms with Gasteiger partial charge in [0.2, 0.25) is 0 Å². The monoisotopic (exact) mass is 301 g/mol. The fourth-order valence-corrected chi connectivity index (χ4v) is 3.65. The summed E-state index contributed by atoms with van der Waals surface area (Å²) in [5.74, 6) is 0.0791. The van der Waals surface area contributed by atoms with Crippen molar-refractivity contribution in [2.24, 2.45) is 0 Å². The molecule has 0 saturated carbocycles. The highest BCUT2D eigenvalue weighted by molar-refractivity contribution is 7.07. The summed E-state index contributed by atoms with van der Waals surface area (Å²) >= 11 is 1.20. The lowest BCUT2D eigenvalue weighted by Gasteiger charge is -2.37. The van der Waals surface area contributed by atoms with Crippen molar-refractivity contribution in [3.8, 4) is 0 Å². The molecule has 4 nitrogen and oxygen atoms in total. The van der Waals surface area contributed by atoms with Crippen LogP contribution in [0.3, 0.4) is 0 Å². The third-order valence-corrected chi connectivity index (χ3v) is 4.90. The highest BCUT2D eigenvalue weighted by Crippen LogP contribution is 2.34. The number of aromatic nitrogens is 2. The van der Waals surface area contributed by atoms with Gasteiger partial charge in [0.1, 0.15) is 4.88 Å². The maximum absolute atomic E-state index is 12.8. The number of hydrogen-bond acceptors (Lipinski definition) is 4. The van der Waals surface area contributed by atoms with Crippen LogP contribution in [0, 0.1) is 6.92 Å². The first kappa shape index (κ1) is 14.2. The summed E-state index contributed by atoms with van der Waals surface area (Å²) in [6.07, 6.45) is 2.98. The maximum Gasteiger partial charge on any atom is 0.268 e. The third kappa shape index (κ3) is 2.58. The van der Waals surface area contributed by atoms with Crippen LogP contribution < -0.4 is 0 Å². The lowest BCUT2D eigenvalue weighted by molar-refractivity contribution is 0.0654. The number of benzene rings is 1. The Morgan fingerprint density at radius 1 is 1.43 bits per heavy atom. The molecule has 0 radical (unpaired) electrons. The van der Waals surface area contributed by atoms with Gasteiger partial charge in [0.25, 0.3) is 5.91 Å². The summed E-state index contributed by atoms with van der Waals surface area (Å²) < 4.78 is 3.90. The molecule has 1 aromatic carbocycles. The average Bonchev–Trinajstić information content (AvgIpc) is 2.93. The van der Waals surface area contributed by atoms with E-state index < -0.39 is 0 Å². The summed E-state index contributed by atoms with van der Waals surface area (Å²) in [4.78, 5) is 15.5. The molecule has 2 aromatic rings. The average molecular weight is 301 g/mol. The van der Waals surface area contributed by atoms with Gasteiger partial charge in [-0.05, 0) is 42.4 Å². The maximum atomic E-state index is 12.8. The molecule has 2 heterocycles. The van der Waals surface area contributed by atoms with Crippen molar-refractivity contribution in [2.45, 2.75) is 39.2 Å². The number of hydrogen-bond donors (Lipinski definition) is 0. The van der Waals surface area contributed by atoms with E-state index in [1.165, 1.54) is 22.7 Å². The Hall–Kier alpha value is -1.75. The third-order valence-electron chi connectivity index (χ3n) is 4.08. The SMILES string of the molecule is CCC[C@H]1c2ccccc2CCN1C(=O)c1snnc1C. The molecule has 5 heteroatoms. The van der Waals surface area contributed by atoms with E-state index in [0.717, 1.165) is 31.5 Å². The van der Waals surface area contributed by atoms with Crippen LogP contribution >= 0.6 is 11.5 Å². The summed E-state index contributed by atoms with van der Waals surface area (Å²) in [7, 11) is 0. The molecule has 0 fully saturated rings. The largest absolute Gasteiger partial charge is 0.330 e. The lowest BCUT2D eigenvalue weighted by Crippen LogP contribution is -2.40. The van der Waals surface area contributed by atoms with E-state index in [0.29, 0.717) is 4.88 Å². The Bertz CT molecular complexity index is 652. The molecule has 0 unspecified atom stereocenters. The van der Waals surface area contributed by atoms with Gasteiger partial charge in [-0.25, -0.2) is 0 Å². The number of nitrogens with zero attached hydrogens (tertiary/aromatic N) is 3. The minimum absolute atomic E-state index is 0.0791. The summed E-state index contributed by atoms with van der Waals surface area (Å²) in [5, 5.41) is 3.97. The molecule has 1 aliphatic rings. The molecule has 0 spiro atoms. The van der Waals surface area contributed by atoms with Crippen LogP contribution in [0.15, 0.2) is 24.3 Å². The van der Waals surface area contributed by atoms with Crippen molar-refractivity contribution in [2.75, 3.05) is 6.54 Å². The summed E-state index contributed by atoms with van der Waals surface area (Å²) in [6, 6.07) is 8.66. The zero-order valence-electron chi connectivity index (χ0n) is 12.4. The van der Waals surface area contributed by atoms with Gasteiger partial charge in [-0.15, -0.1) is 5.10 Å². The van der Waals surface area contributed by atoms with E-state index >= 15 is 0 Å². The first-order valence-corrected chi connectivity index (χ1v) is 8.17. The van der Waals surface area contributed by atoms with Gasteiger partial charge in [-0.1, -0.05) is 42.1 Å². The Labute approximate surface area is 129 Å². The first-order chi connectivity index (χ1) is 10.2. The van der Waals surface area contributed by atoms with Crippen LogP contribution in [-0.2, 0) is 6.42 Å². The van der Waals surface area contributed by atoms with Gasteiger partial charge in [0.05, 0.1) is 11.7 Å². The molecule has 110 valence electrons. The lowest BCUT2D eigenvalue weighted by atomic mass is 9.90. The van der Waals surface area contributed by atoms with Crippen molar-refractivity contribution < 1.29 is 4.79 Å². The van der Waals surface area contributed by atoms with E-state index in [1.807, 2.05) is 11.8 Å². The molecule has 3 rings (SSSR count). The van der Waals surface area contributed by atoms with Crippen molar-refractivity contribution in [1.82, 2.24) is 14.5 Å². The number of fused-ring (bicyclic) bond motifs is 1. The number of carbonyl (C=O) groups is 1. The number of carbonyl (C=O) groups excluding carboxylic acids is 1. The van der Waals surface area contributed by atoms with Gasteiger partial charge in [0, 0.05) is 6.54 Å². The van der Waals surface area contributed by atoms with Crippen molar-refractivity contribution in [3.05, 3.63) is 46.0 Å². The van der Waals surface area contributed by atoms with E-state index in [-0.39, 0.29) is 11.9 Å². The Balaban J connectivity index is 1.95. The number of rotatable bonds is 3. The molecule has 1 atom stereocenters. The van der Waals surface area contributed by atoms with Crippen LogP contribution in [0.4, 0.5) is 0 Å². The quantitative estimate of drug-likeness (QED) is 0.873. The van der Waals surface area contributed by atoms with Crippen LogP contribution in [0.5, 0.6) is 0 Å². The van der Waals surface area contributed by atoms with Gasteiger partial charge in [0.15, 0.2) is 0 Å². The fraction of sp³-hybridized carbons (Fsp3) is 0.438. The fourth-order valence-electron chi connectivity index (χ4n) is 3.04. The number of amides is 1. The van der Waals surface area contributed by atoms with Crippen LogP contribution in [0.1, 0.15) is 52.3 Å². The Kier molecular flexibility index (Phi) is 4.01. The highest BCUT2D eigenvalue weighted by atomic mass is 32.1. The normalized spacial score (nSPS) is 17.6. The van der Waals surface area contributed by atoms with Gasteiger partial charge in [-0.3, -0.25) is 4.79 Å². The van der Waals surface area contributed by atoms with E-state index in [2.05, 4.69) is 40.8 Å². The predicted molar refractivity (Wildman–Crippen MR) is 83.5 cm³/mol. The van der Waals surface area contributed by atoms with E-state index in [1.54, 1.807) is 0 Å². The predicted octanol–water partition coefficient (Wildman–Crippen LogP) is 3.39. The molecule has 21 heavy (non-hydrogen) atoms. The zero-order valence-corrected chi connectivity index (χ0v) is 13.2. The molecular formula is C16H19N3OS. The molecule has 1 aliphatic heterocycles. The second-order valence-corrected chi connectivity index (χ2v) is 6.19. The van der Waals surface area contributed by atoms with Crippen molar-refractivity contribution in [3.63, 3.8) is 0 Å². The summed E-state index contributed by atoms with van der Waals surface area (Å²) in [5.41, 5.74) is 3.41. The summed E-state index contributed by atoms with van der Waals surface area (Å²) in [6.45, 7) is 4.79. The molecule has 0 bridgehead atoms. The molecule has 0 saturated heterocycles. The highest BCUT2D eigenvalue weighted by Gasteiger charge is 2.32. The molecule has 0 aliphatic carbocycles. The smallest absolute Gasteiger partial charge is 0.268 e.